The van der Waals surface area contributed by atoms with Crippen LogP contribution in [0.3, 0.4) is 0 Å². The number of nitrogens with zero attached hydrogens (tertiary/aromatic N) is 1. The van der Waals surface area contributed by atoms with Gasteiger partial charge in [0.1, 0.15) is 15.9 Å². The number of rotatable bonds is 5. The van der Waals surface area contributed by atoms with Crippen LogP contribution in [0.1, 0.15) is 25.7 Å². The van der Waals surface area contributed by atoms with Gasteiger partial charge in [0, 0.05) is 12.8 Å². The molecule has 0 aromatic carbocycles. The molecule has 2 atom stereocenters. The van der Waals surface area contributed by atoms with Crippen LogP contribution in [0.5, 0.6) is 0 Å². The van der Waals surface area contributed by atoms with Crippen LogP contribution >= 0.6 is 0 Å². The fourth-order valence-corrected chi connectivity index (χ4v) is 2.85. The maximum Gasteiger partial charge on any atom is 0.240 e. The molecule has 0 radical (unpaired) electrons. The van der Waals surface area contributed by atoms with Gasteiger partial charge in [0.25, 0.3) is 0 Å². The van der Waals surface area contributed by atoms with Gasteiger partial charge in [0.15, 0.2) is 0 Å². The van der Waals surface area contributed by atoms with Gasteiger partial charge in [0.2, 0.25) is 11.8 Å². The first-order chi connectivity index (χ1) is 8.72. The molecule has 4 N–H and O–H groups in total. The summed E-state index contributed by atoms with van der Waals surface area (Å²) in [6, 6.07) is -1.53. The normalized spacial score (nSPS) is 22.0. The van der Waals surface area contributed by atoms with Crippen molar-refractivity contribution >= 4 is 21.7 Å². The fourth-order valence-electron chi connectivity index (χ4n) is 2.17. The molecule has 19 heavy (non-hydrogen) atoms. The third-order valence-electron chi connectivity index (χ3n) is 3.23. The summed E-state index contributed by atoms with van der Waals surface area (Å²) < 4.78 is 22.1. The van der Waals surface area contributed by atoms with Crippen LogP contribution in [0.25, 0.3) is 0 Å². The Labute approximate surface area is 113 Å². The summed E-state index contributed by atoms with van der Waals surface area (Å²) in [5, 5.41) is 0. The monoisotopic (exact) mass is 291 g/mol. The lowest BCUT2D eigenvalue weighted by Gasteiger charge is -2.35. The van der Waals surface area contributed by atoms with Crippen LogP contribution in [0.15, 0.2) is 0 Å². The molecule has 0 aliphatic carbocycles. The first kappa shape index (κ1) is 15.9. The standard InChI is InChI=1S/C11H21N3O4S/c1-19(17,18)7-5-8(12)11(16)14-6-3-2-4-9(14)10(13)15/h8-9H,2-7,12H2,1H3,(H2,13,15). The lowest BCUT2D eigenvalue weighted by atomic mass is 10.00. The van der Waals surface area contributed by atoms with Crippen molar-refractivity contribution in [3.05, 3.63) is 0 Å². The van der Waals surface area contributed by atoms with Crippen LogP contribution in [0, 0.1) is 0 Å². The number of hydrogen-bond donors (Lipinski definition) is 2. The summed E-state index contributed by atoms with van der Waals surface area (Å²) in [6.07, 6.45) is 3.33. The van der Waals surface area contributed by atoms with Crippen molar-refractivity contribution in [3.63, 3.8) is 0 Å². The van der Waals surface area contributed by atoms with Gasteiger partial charge in [-0.15, -0.1) is 0 Å². The van der Waals surface area contributed by atoms with Crippen LogP contribution in [0.2, 0.25) is 0 Å². The SMILES string of the molecule is CS(=O)(=O)CCC(N)C(=O)N1CCCCC1C(N)=O. The number of amides is 2. The molecule has 0 aromatic rings. The van der Waals surface area contributed by atoms with E-state index in [9.17, 15) is 18.0 Å². The van der Waals surface area contributed by atoms with Crippen LogP contribution in [0.4, 0.5) is 0 Å². The molecule has 7 nitrogen and oxygen atoms in total. The van der Waals surface area contributed by atoms with Crippen molar-refractivity contribution in [2.24, 2.45) is 11.5 Å². The van der Waals surface area contributed by atoms with Crippen LogP contribution in [-0.2, 0) is 19.4 Å². The fraction of sp³-hybridized carbons (Fsp3) is 0.818. The first-order valence-corrected chi connectivity index (χ1v) is 8.31. The van der Waals surface area contributed by atoms with E-state index >= 15 is 0 Å². The number of hydrogen-bond acceptors (Lipinski definition) is 5. The molecule has 110 valence electrons. The van der Waals surface area contributed by atoms with E-state index in [1.54, 1.807) is 0 Å². The van der Waals surface area contributed by atoms with Gasteiger partial charge < -0.3 is 16.4 Å². The highest BCUT2D eigenvalue weighted by Gasteiger charge is 2.33. The summed E-state index contributed by atoms with van der Waals surface area (Å²) in [5.74, 6) is -1.08. The second-order valence-corrected chi connectivity index (χ2v) is 7.23. The number of piperidine rings is 1. The predicted octanol–water partition coefficient (Wildman–Crippen LogP) is -1.39. The molecule has 2 unspecified atom stereocenters. The minimum atomic E-state index is -3.16. The van der Waals surface area contributed by atoms with Gasteiger partial charge in [-0.2, -0.15) is 0 Å². The molecule has 0 spiro atoms. The Morgan fingerprint density at radius 3 is 2.53 bits per heavy atom. The second-order valence-electron chi connectivity index (χ2n) is 4.97. The third-order valence-corrected chi connectivity index (χ3v) is 4.21. The predicted molar refractivity (Wildman–Crippen MR) is 70.8 cm³/mol. The minimum absolute atomic E-state index is 0.0552. The van der Waals surface area contributed by atoms with Crippen molar-refractivity contribution in [3.8, 4) is 0 Å². The highest BCUT2D eigenvalue weighted by atomic mass is 32.2. The van der Waals surface area contributed by atoms with E-state index in [1.807, 2.05) is 0 Å². The minimum Gasteiger partial charge on any atom is -0.368 e. The van der Waals surface area contributed by atoms with Gasteiger partial charge in [-0.25, -0.2) is 8.42 Å². The van der Waals surface area contributed by atoms with E-state index in [0.717, 1.165) is 19.1 Å². The number of carbonyl (C=O) groups is 2. The Balaban J connectivity index is 2.66. The number of carbonyl (C=O) groups excluding carboxylic acids is 2. The van der Waals surface area contributed by atoms with E-state index in [1.165, 1.54) is 4.90 Å². The zero-order valence-corrected chi connectivity index (χ0v) is 11.9. The van der Waals surface area contributed by atoms with E-state index in [2.05, 4.69) is 0 Å². The molecule has 1 rings (SSSR count). The Morgan fingerprint density at radius 1 is 1.37 bits per heavy atom. The number of nitrogens with two attached hydrogens (primary N) is 2. The molecule has 0 bridgehead atoms. The number of primary amides is 1. The van der Waals surface area contributed by atoms with E-state index in [4.69, 9.17) is 11.5 Å². The molecule has 1 aliphatic heterocycles. The molecular weight excluding hydrogens is 270 g/mol. The lowest BCUT2D eigenvalue weighted by molar-refractivity contribution is -0.142. The Bertz CT molecular complexity index is 449. The highest BCUT2D eigenvalue weighted by molar-refractivity contribution is 7.90. The third kappa shape index (κ3) is 4.79. The number of sulfone groups is 1. The Morgan fingerprint density at radius 2 is 2.00 bits per heavy atom. The first-order valence-electron chi connectivity index (χ1n) is 6.25. The molecule has 0 saturated carbocycles. The summed E-state index contributed by atoms with van der Waals surface area (Å²) in [4.78, 5) is 24.8. The van der Waals surface area contributed by atoms with Gasteiger partial charge >= 0.3 is 0 Å². The van der Waals surface area contributed by atoms with Gasteiger partial charge in [-0.05, 0) is 25.7 Å². The highest BCUT2D eigenvalue weighted by Crippen LogP contribution is 2.18. The molecule has 1 saturated heterocycles. The van der Waals surface area contributed by atoms with Gasteiger partial charge in [-0.3, -0.25) is 9.59 Å². The van der Waals surface area contributed by atoms with Crippen molar-refractivity contribution in [2.75, 3.05) is 18.6 Å². The van der Waals surface area contributed by atoms with Crippen molar-refractivity contribution in [1.82, 2.24) is 4.90 Å². The molecule has 2 amide bonds. The lowest BCUT2D eigenvalue weighted by Crippen LogP contribution is -2.55. The molecule has 1 aliphatic rings. The number of likely N-dealkylation sites (tertiary alicyclic amines) is 1. The maximum absolute atomic E-state index is 12.1. The van der Waals surface area contributed by atoms with E-state index in [-0.39, 0.29) is 12.2 Å². The Hall–Kier alpha value is -1.15. The van der Waals surface area contributed by atoms with Gasteiger partial charge in [-0.1, -0.05) is 0 Å². The topological polar surface area (TPSA) is 124 Å². The van der Waals surface area contributed by atoms with Crippen molar-refractivity contribution in [1.29, 1.82) is 0 Å². The Kier molecular flexibility index (Phi) is 5.30. The summed E-state index contributed by atoms with van der Waals surface area (Å²) in [5.41, 5.74) is 11.0. The van der Waals surface area contributed by atoms with Crippen LogP contribution in [-0.4, -0.2) is 55.8 Å². The average molecular weight is 291 g/mol. The van der Waals surface area contributed by atoms with Crippen molar-refractivity contribution < 1.29 is 18.0 Å². The quantitative estimate of drug-likeness (QED) is 0.645. The smallest absolute Gasteiger partial charge is 0.240 e. The molecular formula is C11H21N3O4S. The molecule has 8 heteroatoms. The second kappa shape index (κ2) is 6.33. The van der Waals surface area contributed by atoms with Crippen LogP contribution < -0.4 is 11.5 Å². The summed E-state index contributed by atoms with van der Waals surface area (Å²) in [6.45, 7) is 0.443. The van der Waals surface area contributed by atoms with Crippen molar-refractivity contribution in [2.45, 2.75) is 37.8 Å². The zero-order valence-electron chi connectivity index (χ0n) is 11.0. The average Bonchev–Trinajstić information content (AvgIpc) is 2.34. The maximum atomic E-state index is 12.1. The van der Waals surface area contributed by atoms with E-state index in [0.29, 0.717) is 13.0 Å². The zero-order chi connectivity index (χ0) is 14.6. The summed E-state index contributed by atoms with van der Waals surface area (Å²) in [7, 11) is -3.16. The van der Waals surface area contributed by atoms with E-state index < -0.39 is 33.7 Å². The molecule has 0 aromatic heterocycles. The molecule has 1 fully saturated rings. The van der Waals surface area contributed by atoms with Gasteiger partial charge in [0.05, 0.1) is 11.8 Å². The summed E-state index contributed by atoms with van der Waals surface area (Å²) >= 11 is 0. The largest absolute Gasteiger partial charge is 0.368 e. The molecule has 1 heterocycles.